The molecule has 2 fully saturated rings. The van der Waals surface area contributed by atoms with E-state index in [0.29, 0.717) is 24.0 Å². The lowest BCUT2D eigenvalue weighted by atomic mass is 9.96. The molecule has 0 radical (unpaired) electrons. The Morgan fingerprint density at radius 2 is 1.82 bits per heavy atom. The first kappa shape index (κ1) is 19.1. The number of aliphatic hydroxyl groups is 1. The summed E-state index contributed by atoms with van der Waals surface area (Å²) in [6.45, 7) is 4.30. The van der Waals surface area contributed by atoms with Gasteiger partial charge in [-0.2, -0.15) is 4.98 Å². The number of aliphatic hydroxyl groups excluding tert-OH is 1. The number of H-pyrrole nitrogens is 1. The van der Waals surface area contributed by atoms with Gasteiger partial charge in [0.25, 0.3) is 5.91 Å². The molecule has 2 N–H and O–H groups in total. The summed E-state index contributed by atoms with van der Waals surface area (Å²) in [6, 6.07) is 7.24. The van der Waals surface area contributed by atoms with Crippen molar-refractivity contribution in [2.45, 2.75) is 25.7 Å². The van der Waals surface area contributed by atoms with Crippen LogP contribution in [0.1, 0.15) is 36.2 Å². The lowest BCUT2D eigenvalue weighted by Crippen LogP contribution is -2.35. The quantitative estimate of drug-likeness (QED) is 0.833. The zero-order valence-corrected chi connectivity index (χ0v) is 16.1. The van der Waals surface area contributed by atoms with Gasteiger partial charge in [-0.3, -0.25) is 4.79 Å². The highest BCUT2D eigenvalue weighted by Gasteiger charge is 2.37. The third-order valence-corrected chi connectivity index (χ3v) is 6.13. The minimum absolute atomic E-state index is 0.0699. The molecule has 7 heteroatoms. The maximum atomic E-state index is 13.2. The van der Waals surface area contributed by atoms with E-state index in [1.165, 1.54) is 25.7 Å². The minimum atomic E-state index is -0.513. The summed E-state index contributed by atoms with van der Waals surface area (Å²) >= 11 is 0. The van der Waals surface area contributed by atoms with Crippen molar-refractivity contribution in [2.75, 3.05) is 39.3 Å². The molecule has 0 spiro atoms. The van der Waals surface area contributed by atoms with E-state index in [2.05, 4.69) is 14.9 Å². The zero-order chi connectivity index (χ0) is 19.5. The number of aromatic amines is 1. The molecule has 0 saturated carbocycles. The molecule has 3 heterocycles. The van der Waals surface area contributed by atoms with Gasteiger partial charge < -0.3 is 19.9 Å². The highest BCUT2D eigenvalue weighted by atomic mass is 16.3. The lowest BCUT2D eigenvalue weighted by molar-refractivity contribution is 0.0775. The fourth-order valence-electron chi connectivity index (χ4n) is 4.58. The smallest absolute Gasteiger partial charge is 0.346 e. The van der Waals surface area contributed by atoms with Gasteiger partial charge in [0.1, 0.15) is 5.69 Å². The second kappa shape index (κ2) is 8.41. The second-order valence-electron chi connectivity index (χ2n) is 8.06. The number of carbonyl (C=O) groups excluding carboxylic acids is 1. The number of hydrogen-bond acceptors (Lipinski definition) is 5. The molecule has 0 unspecified atom stereocenters. The average Bonchev–Trinajstić information content (AvgIpc) is 2.93. The van der Waals surface area contributed by atoms with Crippen molar-refractivity contribution in [1.82, 2.24) is 19.8 Å². The van der Waals surface area contributed by atoms with Crippen LogP contribution in [0.3, 0.4) is 0 Å². The molecule has 28 heavy (non-hydrogen) atoms. The molecule has 2 aromatic rings. The Morgan fingerprint density at radius 3 is 2.57 bits per heavy atom. The number of hydrogen-bond donors (Lipinski definition) is 2. The Morgan fingerprint density at radius 1 is 1.11 bits per heavy atom. The second-order valence-corrected chi connectivity index (χ2v) is 8.06. The molecule has 2 atom stereocenters. The lowest BCUT2D eigenvalue weighted by Gasteiger charge is -2.26. The van der Waals surface area contributed by atoms with Crippen LogP contribution < -0.4 is 5.69 Å². The predicted molar refractivity (Wildman–Crippen MR) is 107 cm³/mol. The molecule has 2 saturated heterocycles. The first-order chi connectivity index (χ1) is 13.7. The van der Waals surface area contributed by atoms with Gasteiger partial charge in [-0.1, -0.05) is 31.0 Å². The number of para-hydroxylation sites is 1. The molecule has 1 amide bonds. The summed E-state index contributed by atoms with van der Waals surface area (Å²) in [6.07, 6.45) is 5.02. The Bertz CT molecular complexity index is 889. The van der Waals surface area contributed by atoms with Crippen LogP contribution in [-0.2, 0) is 0 Å². The minimum Gasteiger partial charge on any atom is -0.396 e. The van der Waals surface area contributed by atoms with Crippen molar-refractivity contribution in [3.8, 4) is 0 Å². The number of nitrogens with zero attached hydrogens (tertiary/aromatic N) is 3. The van der Waals surface area contributed by atoms with Crippen LogP contribution in [0.2, 0.25) is 0 Å². The van der Waals surface area contributed by atoms with Gasteiger partial charge in [0.2, 0.25) is 0 Å². The van der Waals surface area contributed by atoms with Crippen LogP contribution in [0.4, 0.5) is 0 Å². The molecule has 150 valence electrons. The molecule has 0 aliphatic carbocycles. The largest absolute Gasteiger partial charge is 0.396 e. The number of aromatic nitrogens is 2. The third kappa shape index (κ3) is 3.95. The van der Waals surface area contributed by atoms with Gasteiger partial charge in [0.05, 0.1) is 5.52 Å². The number of rotatable bonds is 4. The van der Waals surface area contributed by atoms with E-state index < -0.39 is 5.69 Å². The molecule has 2 aliphatic heterocycles. The maximum Gasteiger partial charge on any atom is 0.346 e. The van der Waals surface area contributed by atoms with E-state index >= 15 is 0 Å². The van der Waals surface area contributed by atoms with Crippen LogP contribution in [-0.4, -0.2) is 70.1 Å². The van der Waals surface area contributed by atoms with Gasteiger partial charge in [-0.25, -0.2) is 4.79 Å². The monoisotopic (exact) mass is 384 g/mol. The van der Waals surface area contributed by atoms with Gasteiger partial charge in [-0.05, 0) is 37.9 Å². The maximum absolute atomic E-state index is 13.2. The summed E-state index contributed by atoms with van der Waals surface area (Å²) < 4.78 is 0. The molecule has 1 aromatic heterocycles. The van der Waals surface area contributed by atoms with Crippen molar-refractivity contribution in [3.63, 3.8) is 0 Å². The van der Waals surface area contributed by atoms with Crippen LogP contribution >= 0.6 is 0 Å². The van der Waals surface area contributed by atoms with Gasteiger partial charge in [0.15, 0.2) is 0 Å². The highest BCUT2D eigenvalue weighted by Crippen LogP contribution is 2.27. The fraction of sp³-hybridized carbons (Fsp3) is 0.571. The summed E-state index contributed by atoms with van der Waals surface area (Å²) in [5.74, 6) is 0.0971. The summed E-state index contributed by atoms with van der Waals surface area (Å²) in [7, 11) is 0. The summed E-state index contributed by atoms with van der Waals surface area (Å²) in [4.78, 5) is 36.0. The Labute approximate surface area is 164 Å². The molecular weight excluding hydrogens is 356 g/mol. The molecular formula is C21H28N4O3. The van der Waals surface area contributed by atoms with Crippen molar-refractivity contribution in [2.24, 2.45) is 11.8 Å². The fourth-order valence-corrected chi connectivity index (χ4v) is 4.58. The van der Waals surface area contributed by atoms with E-state index in [1.807, 2.05) is 12.1 Å². The molecule has 1 aromatic carbocycles. The number of fused-ring (bicyclic) bond motifs is 1. The van der Waals surface area contributed by atoms with E-state index in [4.69, 9.17) is 0 Å². The van der Waals surface area contributed by atoms with E-state index in [9.17, 15) is 14.7 Å². The standard InChI is InChI=1S/C21H28N4O3/c26-14-16-13-25(12-15(16)11-24-9-5-1-2-6-10-24)20(27)19-17-7-3-4-8-18(17)22-21(28)23-19/h3-4,7-8,15-16,26H,1-2,5-6,9-14H2,(H,22,23,28)/t15-,16-/m0/s1. The summed E-state index contributed by atoms with van der Waals surface area (Å²) in [5, 5.41) is 10.5. The first-order valence-corrected chi connectivity index (χ1v) is 10.3. The molecule has 0 bridgehead atoms. The molecule has 7 nitrogen and oxygen atoms in total. The average molecular weight is 384 g/mol. The van der Waals surface area contributed by atoms with Gasteiger partial charge >= 0.3 is 5.69 Å². The number of amides is 1. The molecule has 4 rings (SSSR count). The number of benzene rings is 1. The normalized spacial score (nSPS) is 23.8. The highest BCUT2D eigenvalue weighted by molar-refractivity contribution is 6.04. The van der Waals surface area contributed by atoms with Gasteiger partial charge in [-0.15, -0.1) is 0 Å². The third-order valence-electron chi connectivity index (χ3n) is 6.13. The number of nitrogens with one attached hydrogen (secondary N) is 1. The predicted octanol–water partition coefficient (Wildman–Crippen LogP) is 1.48. The van der Waals surface area contributed by atoms with E-state index in [-0.39, 0.29) is 30.0 Å². The topological polar surface area (TPSA) is 89.5 Å². The van der Waals surface area contributed by atoms with Crippen LogP contribution in [0, 0.1) is 11.8 Å². The molecule has 2 aliphatic rings. The van der Waals surface area contributed by atoms with Crippen LogP contribution in [0.5, 0.6) is 0 Å². The SMILES string of the molecule is O=C(c1nc(=O)[nH]c2ccccc12)N1C[C@@H](CO)[C@@H](CN2CCCCCC2)C1. The van der Waals surface area contributed by atoms with E-state index in [0.717, 1.165) is 19.6 Å². The Hall–Kier alpha value is -2.25. The van der Waals surface area contributed by atoms with E-state index in [1.54, 1.807) is 17.0 Å². The zero-order valence-electron chi connectivity index (χ0n) is 16.1. The summed E-state index contributed by atoms with van der Waals surface area (Å²) in [5.41, 5.74) is 0.303. The van der Waals surface area contributed by atoms with Crippen LogP contribution in [0.25, 0.3) is 10.9 Å². The van der Waals surface area contributed by atoms with Crippen molar-refractivity contribution < 1.29 is 9.90 Å². The van der Waals surface area contributed by atoms with Crippen molar-refractivity contribution in [1.29, 1.82) is 0 Å². The van der Waals surface area contributed by atoms with Crippen molar-refractivity contribution in [3.05, 3.63) is 40.4 Å². The first-order valence-electron chi connectivity index (χ1n) is 10.3. The Kier molecular flexibility index (Phi) is 5.73. The van der Waals surface area contributed by atoms with Gasteiger partial charge in [0, 0.05) is 37.5 Å². The van der Waals surface area contributed by atoms with Crippen LogP contribution in [0.15, 0.2) is 29.1 Å². The Balaban J connectivity index is 1.53. The number of likely N-dealkylation sites (tertiary alicyclic amines) is 2. The number of carbonyl (C=O) groups is 1. The van der Waals surface area contributed by atoms with Crippen molar-refractivity contribution >= 4 is 16.8 Å².